The minimum absolute atomic E-state index is 0.0243. The fourth-order valence-corrected chi connectivity index (χ4v) is 1.47. The van der Waals surface area contributed by atoms with Crippen molar-refractivity contribution in [2.45, 2.75) is 25.7 Å². The van der Waals surface area contributed by atoms with E-state index in [1.54, 1.807) is 6.20 Å². The van der Waals surface area contributed by atoms with Crippen molar-refractivity contribution in [1.29, 1.82) is 0 Å². The molecule has 1 rings (SSSR count). The molecule has 72 valence electrons. The molecule has 0 aliphatic rings. The van der Waals surface area contributed by atoms with Gasteiger partial charge in [0.15, 0.2) is 0 Å². The number of hydrogen-bond donors (Lipinski definition) is 2. The summed E-state index contributed by atoms with van der Waals surface area (Å²) in [5.74, 6) is -0.0834. The summed E-state index contributed by atoms with van der Waals surface area (Å²) in [4.78, 5) is 17.5. The Balaban J connectivity index is 2.72. The maximum absolute atomic E-state index is 10.5. The van der Waals surface area contributed by atoms with Gasteiger partial charge in [-0.25, -0.2) is 4.98 Å². The molecule has 0 saturated carbocycles. The van der Waals surface area contributed by atoms with Gasteiger partial charge < -0.3 is 10.1 Å². The minimum atomic E-state index is -0.792. The molecule has 0 bridgehead atoms. The summed E-state index contributed by atoms with van der Waals surface area (Å²) in [5.41, 5.74) is 0. The second kappa shape index (κ2) is 4.41. The van der Waals surface area contributed by atoms with Crippen LogP contribution < -0.4 is 0 Å². The number of halogens is 1. The molecular formula is C8H11BrN2O2. The van der Waals surface area contributed by atoms with E-state index in [1.165, 1.54) is 0 Å². The fourth-order valence-electron chi connectivity index (χ4n) is 1.17. The minimum Gasteiger partial charge on any atom is -0.481 e. The summed E-state index contributed by atoms with van der Waals surface area (Å²) in [6.45, 7) is 1.95. The Hall–Kier alpha value is -0.840. The Morgan fingerprint density at radius 1 is 1.85 bits per heavy atom. The van der Waals surface area contributed by atoms with Crippen LogP contribution in [0.25, 0.3) is 0 Å². The standard InChI is InChI=1S/C8H11BrN2O2/c1-2-5(3-7(12)13)8-10-4-6(9)11-8/h4-5H,2-3H2,1H3,(H,10,11)(H,12,13). The van der Waals surface area contributed by atoms with Gasteiger partial charge in [-0.2, -0.15) is 0 Å². The number of aliphatic carboxylic acids is 1. The molecule has 0 aromatic carbocycles. The second-order valence-corrected chi connectivity index (χ2v) is 3.67. The van der Waals surface area contributed by atoms with Gasteiger partial charge in [-0.3, -0.25) is 4.79 Å². The summed E-state index contributed by atoms with van der Waals surface area (Å²) in [7, 11) is 0. The van der Waals surface area contributed by atoms with Crippen LogP contribution in [0, 0.1) is 0 Å². The van der Waals surface area contributed by atoms with Crippen LogP contribution in [-0.2, 0) is 4.79 Å². The third kappa shape index (κ3) is 2.84. The first kappa shape index (κ1) is 10.2. The van der Waals surface area contributed by atoms with Crippen LogP contribution in [0.1, 0.15) is 31.5 Å². The van der Waals surface area contributed by atoms with Crippen molar-refractivity contribution in [3.8, 4) is 0 Å². The summed E-state index contributed by atoms with van der Waals surface area (Å²) in [5, 5.41) is 8.63. The molecule has 1 aromatic rings. The van der Waals surface area contributed by atoms with Gasteiger partial charge in [-0.15, -0.1) is 0 Å². The first-order valence-corrected chi connectivity index (χ1v) is 4.85. The van der Waals surface area contributed by atoms with Crippen LogP contribution in [0.15, 0.2) is 10.8 Å². The SMILES string of the molecule is CCC(CC(=O)O)c1ncc(Br)[nH]1. The smallest absolute Gasteiger partial charge is 0.304 e. The van der Waals surface area contributed by atoms with E-state index in [9.17, 15) is 4.79 Å². The molecule has 0 amide bonds. The van der Waals surface area contributed by atoms with Gasteiger partial charge in [0.05, 0.1) is 12.6 Å². The molecule has 1 heterocycles. The largest absolute Gasteiger partial charge is 0.481 e. The highest BCUT2D eigenvalue weighted by molar-refractivity contribution is 9.10. The van der Waals surface area contributed by atoms with E-state index in [1.807, 2.05) is 6.92 Å². The third-order valence-electron chi connectivity index (χ3n) is 1.86. The molecule has 1 aromatic heterocycles. The number of rotatable bonds is 4. The Morgan fingerprint density at radius 2 is 2.54 bits per heavy atom. The van der Waals surface area contributed by atoms with Crippen molar-refractivity contribution < 1.29 is 9.90 Å². The van der Waals surface area contributed by atoms with Crippen molar-refractivity contribution in [2.24, 2.45) is 0 Å². The molecule has 1 unspecified atom stereocenters. The molecule has 0 aliphatic heterocycles. The Bertz CT molecular complexity index is 298. The predicted octanol–water partition coefficient (Wildman–Crippen LogP) is 2.14. The lowest BCUT2D eigenvalue weighted by atomic mass is 10.0. The topological polar surface area (TPSA) is 66.0 Å². The van der Waals surface area contributed by atoms with Gasteiger partial charge in [0.25, 0.3) is 0 Å². The van der Waals surface area contributed by atoms with E-state index >= 15 is 0 Å². The molecule has 0 radical (unpaired) electrons. The number of aromatic nitrogens is 2. The normalized spacial score (nSPS) is 12.8. The van der Waals surface area contributed by atoms with Crippen molar-refractivity contribution >= 4 is 21.9 Å². The first-order chi connectivity index (χ1) is 6.13. The summed E-state index contributed by atoms with van der Waals surface area (Å²) >= 11 is 3.23. The number of hydrogen-bond acceptors (Lipinski definition) is 2. The molecule has 5 heteroatoms. The number of H-pyrrole nitrogens is 1. The van der Waals surface area contributed by atoms with E-state index < -0.39 is 5.97 Å². The quantitative estimate of drug-likeness (QED) is 0.856. The highest BCUT2D eigenvalue weighted by Crippen LogP contribution is 2.21. The van der Waals surface area contributed by atoms with Crippen LogP contribution in [0.5, 0.6) is 0 Å². The molecule has 0 fully saturated rings. The summed E-state index contributed by atoms with van der Waals surface area (Å²) in [6, 6.07) is 0. The summed E-state index contributed by atoms with van der Waals surface area (Å²) < 4.78 is 0.784. The first-order valence-electron chi connectivity index (χ1n) is 4.05. The maximum atomic E-state index is 10.5. The molecule has 4 nitrogen and oxygen atoms in total. The lowest BCUT2D eigenvalue weighted by molar-refractivity contribution is -0.137. The van der Waals surface area contributed by atoms with Crippen molar-refractivity contribution in [2.75, 3.05) is 0 Å². The Labute approximate surface area is 84.5 Å². The van der Waals surface area contributed by atoms with Crippen LogP contribution in [0.2, 0.25) is 0 Å². The maximum Gasteiger partial charge on any atom is 0.304 e. The van der Waals surface area contributed by atoms with Gasteiger partial charge in [0, 0.05) is 5.92 Å². The second-order valence-electron chi connectivity index (χ2n) is 2.82. The zero-order valence-corrected chi connectivity index (χ0v) is 8.84. The van der Waals surface area contributed by atoms with Gasteiger partial charge in [0.2, 0.25) is 0 Å². The number of carboxylic acid groups (broad SMARTS) is 1. The molecule has 13 heavy (non-hydrogen) atoms. The monoisotopic (exact) mass is 246 g/mol. The van der Waals surface area contributed by atoms with Crippen LogP contribution in [0.3, 0.4) is 0 Å². The molecule has 0 spiro atoms. The van der Waals surface area contributed by atoms with E-state index in [0.717, 1.165) is 16.8 Å². The average molecular weight is 247 g/mol. The van der Waals surface area contributed by atoms with E-state index in [0.29, 0.717) is 0 Å². The van der Waals surface area contributed by atoms with E-state index in [2.05, 4.69) is 25.9 Å². The third-order valence-corrected chi connectivity index (χ3v) is 2.27. The van der Waals surface area contributed by atoms with Crippen molar-refractivity contribution in [1.82, 2.24) is 9.97 Å². The highest BCUT2D eigenvalue weighted by Gasteiger charge is 2.16. The Morgan fingerprint density at radius 3 is 2.92 bits per heavy atom. The number of carbonyl (C=O) groups is 1. The molecule has 1 atom stereocenters. The van der Waals surface area contributed by atoms with Gasteiger partial charge in [0.1, 0.15) is 10.4 Å². The van der Waals surface area contributed by atoms with Gasteiger partial charge in [-0.05, 0) is 22.4 Å². The summed E-state index contributed by atoms with van der Waals surface area (Å²) in [6.07, 6.45) is 2.53. The lowest BCUT2D eigenvalue weighted by Crippen LogP contribution is -2.06. The van der Waals surface area contributed by atoms with Crippen LogP contribution >= 0.6 is 15.9 Å². The van der Waals surface area contributed by atoms with Crippen molar-refractivity contribution in [3.05, 3.63) is 16.6 Å². The predicted molar refractivity (Wildman–Crippen MR) is 51.6 cm³/mol. The van der Waals surface area contributed by atoms with Gasteiger partial charge >= 0.3 is 5.97 Å². The zero-order valence-electron chi connectivity index (χ0n) is 7.25. The van der Waals surface area contributed by atoms with Crippen molar-refractivity contribution in [3.63, 3.8) is 0 Å². The van der Waals surface area contributed by atoms with E-state index in [4.69, 9.17) is 5.11 Å². The molecular weight excluding hydrogens is 236 g/mol. The van der Waals surface area contributed by atoms with Crippen LogP contribution in [-0.4, -0.2) is 21.0 Å². The number of aromatic amines is 1. The molecule has 0 saturated heterocycles. The van der Waals surface area contributed by atoms with Crippen LogP contribution in [0.4, 0.5) is 0 Å². The highest BCUT2D eigenvalue weighted by atomic mass is 79.9. The fraction of sp³-hybridized carbons (Fsp3) is 0.500. The number of carboxylic acids is 1. The Kier molecular flexibility index (Phi) is 3.48. The molecule has 2 N–H and O–H groups in total. The van der Waals surface area contributed by atoms with Gasteiger partial charge in [-0.1, -0.05) is 6.92 Å². The lowest BCUT2D eigenvalue weighted by Gasteiger charge is -2.07. The van der Waals surface area contributed by atoms with E-state index in [-0.39, 0.29) is 12.3 Å². The number of imidazole rings is 1. The molecule has 0 aliphatic carbocycles. The number of nitrogens with one attached hydrogen (secondary N) is 1. The number of nitrogens with zero attached hydrogens (tertiary/aromatic N) is 1. The zero-order chi connectivity index (χ0) is 9.84. The average Bonchev–Trinajstić information content (AvgIpc) is 2.47.